The van der Waals surface area contributed by atoms with Crippen molar-refractivity contribution in [3.05, 3.63) is 29.8 Å². The normalized spacial score (nSPS) is 18.4. The molecule has 0 radical (unpaired) electrons. The zero-order valence-corrected chi connectivity index (χ0v) is 18.4. The minimum atomic E-state index is -2.85. The highest BCUT2D eigenvalue weighted by Crippen LogP contribution is 2.19. The average molecular weight is 427 g/mol. The highest BCUT2D eigenvalue weighted by molar-refractivity contribution is 7.91. The number of rotatable bonds is 9. The van der Waals surface area contributed by atoms with Crippen LogP contribution in [0.4, 0.5) is 0 Å². The quantitative estimate of drug-likeness (QED) is 0.396. The number of aliphatic imine (C=N–C) groups is 1. The van der Waals surface area contributed by atoms with Crippen LogP contribution in [0.5, 0.6) is 5.75 Å². The minimum absolute atomic E-state index is 0.110. The number of nitrogens with one attached hydrogen (secondary N) is 2. The predicted octanol–water partition coefficient (Wildman–Crippen LogP) is 0.793. The van der Waals surface area contributed by atoms with Gasteiger partial charge in [0.25, 0.3) is 0 Å². The second-order valence-electron chi connectivity index (χ2n) is 7.39. The molecular formula is C20H34N4O4S. The Balaban J connectivity index is 1.81. The van der Waals surface area contributed by atoms with E-state index in [0.717, 1.165) is 17.9 Å². The fourth-order valence-corrected chi connectivity index (χ4v) is 4.25. The summed E-state index contributed by atoms with van der Waals surface area (Å²) < 4.78 is 28.6. The van der Waals surface area contributed by atoms with Gasteiger partial charge in [-0.15, -0.1) is 0 Å². The van der Waals surface area contributed by atoms with Gasteiger partial charge in [-0.25, -0.2) is 8.42 Å². The summed E-state index contributed by atoms with van der Waals surface area (Å²) in [4.78, 5) is 6.60. The molecule has 2 rings (SSSR count). The number of aliphatic hydroxyl groups excluding tert-OH is 1. The maximum absolute atomic E-state index is 11.5. The van der Waals surface area contributed by atoms with Crippen LogP contribution in [0.2, 0.25) is 0 Å². The maximum Gasteiger partial charge on any atom is 0.191 e. The number of sulfone groups is 1. The fourth-order valence-electron chi connectivity index (χ4n) is 2.97. The number of hydrogen-bond acceptors (Lipinski definition) is 6. The van der Waals surface area contributed by atoms with E-state index in [-0.39, 0.29) is 24.2 Å². The van der Waals surface area contributed by atoms with E-state index >= 15 is 0 Å². The molecule has 0 spiro atoms. The van der Waals surface area contributed by atoms with Crippen molar-refractivity contribution in [3.8, 4) is 5.75 Å². The van der Waals surface area contributed by atoms with Crippen LogP contribution < -0.4 is 15.4 Å². The molecule has 29 heavy (non-hydrogen) atoms. The van der Waals surface area contributed by atoms with E-state index in [0.29, 0.717) is 32.1 Å². The summed E-state index contributed by atoms with van der Waals surface area (Å²) in [6.07, 6.45) is -0.593. The molecule has 1 aromatic rings. The Morgan fingerprint density at radius 3 is 2.45 bits per heavy atom. The second kappa shape index (κ2) is 11.4. The molecule has 164 valence electrons. The fraction of sp³-hybridized carbons (Fsp3) is 0.650. The second-order valence-corrected chi connectivity index (χ2v) is 9.69. The Kier molecular flexibility index (Phi) is 9.19. The van der Waals surface area contributed by atoms with Crippen LogP contribution in [0.3, 0.4) is 0 Å². The van der Waals surface area contributed by atoms with Gasteiger partial charge in [0.05, 0.1) is 30.3 Å². The Hall–Kier alpha value is -1.84. The van der Waals surface area contributed by atoms with E-state index in [4.69, 9.17) is 4.74 Å². The van der Waals surface area contributed by atoms with Crippen LogP contribution in [0.15, 0.2) is 29.3 Å². The first-order valence-electron chi connectivity index (χ1n) is 10.2. The third-order valence-corrected chi connectivity index (χ3v) is 6.17. The van der Waals surface area contributed by atoms with E-state index in [1.807, 2.05) is 45.0 Å². The molecular weight excluding hydrogens is 392 g/mol. The predicted molar refractivity (Wildman–Crippen MR) is 116 cm³/mol. The monoisotopic (exact) mass is 426 g/mol. The molecule has 8 nitrogen and oxygen atoms in total. The van der Waals surface area contributed by atoms with Crippen LogP contribution in [-0.2, 0) is 9.84 Å². The summed E-state index contributed by atoms with van der Waals surface area (Å²) in [5, 5.41) is 16.8. The summed E-state index contributed by atoms with van der Waals surface area (Å²) >= 11 is 0. The average Bonchev–Trinajstić information content (AvgIpc) is 2.67. The highest BCUT2D eigenvalue weighted by Gasteiger charge is 2.21. The van der Waals surface area contributed by atoms with Crippen LogP contribution in [0, 0.1) is 0 Å². The molecule has 9 heteroatoms. The van der Waals surface area contributed by atoms with Crippen LogP contribution in [-0.4, -0.2) is 81.3 Å². The van der Waals surface area contributed by atoms with Crippen molar-refractivity contribution >= 4 is 15.8 Å². The lowest BCUT2D eigenvalue weighted by Crippen LogP contribution is -2.46. The zero-order chi connectivity index (χ0) is 21.3. The summed E-state index contributed by atoms with van der Waals surface area (Å²) in [5.41, 5.74) is 0.787. The molecule has 0 amide bonds. The molecule has 1 heterocycles. The number of benzene rings is 1. The first-order chi connectivity index (χ1) is 13.8. The standard InChI is InChI=1S/C20H34N4O4S/c1-4-21-20(22-9-10-24-11-13-29(26,27)14-12-24)23-15-19(25)17-5-7-18(8-6-17)28-16(2)3/h5-8,16,19,25H,4,9-15H2,1-3H3,(H2,21,22,23). The molecule has 1 aliphatic heterocycles. The van der Waals surface area contributed by atoms with E-state index in [1.54, 1.807) is 0 Å². The highest BCUT2D eigenvalue weighted by atomic mass is 32.2. The van der Waals surface area contributed by atoms with Crippen molar-refractivity contribution in [1.82, 2.24) is 15.5 Å². The van der Waals surface area contributed by atoms with Gasteiger partial charge in [-0.3, -0.25) is 9.89 Å². The molecule has 1 fully saturated rings. The molecule has 0 aromatic heterocycles. The van der Waals surface area contributed by atoms with Gasteiger partial charge in [-0.1, -0.05) is 12.1 Å². The van der Waals surface area contributed by atoms with Gasteiger partial charge < -0.3 is 20.5 Å². The third kappa shape index (κ3) is 8.59. The summed E-state index contributed by atoms with van der Waals surface area (Å²) in [6, 6.07) is 7.40. The lowest BCUT2D eigenvalue weighted by Gasteiger charge is -2.26. The van der Waals surface area contributed by atoms with E-state index < -0.39 is 15.9 Å². The van der Waals surface area contributed by atoms with E-state index in [9.17, 15) is 13.5 Å². The van der Waals surface area contributed by atoms with Crippen molar-refractivity contribution < 1.29 is 18.3 Å². The smallest absolute Gasteiger partial charge is 0.191 e. The van der Waals surface area contributed by atoms with Gasteiger partial charge in [0.2, 0.25) is 0 Å². The Labute approximate surface area is 174 Å². The van der Waals surface area contributed by atoms with Gasteiger partial charge >= 0.3 is 0 Å². The zero-order valence-electron chi connectivity index (χ0n) is 17.6. The number of aliphatic hydroxyl groups is 1. The van der Waals surface area contributed by atoms with E-state index in [1.165, 1.54) is 0 Å². The van der Waals surface area contributed by atoms with Gasteiger partial charge in [-0.05, 0) is 38.5 Å². The van der Waals surface area contributed by atoms with Crippen molar-refractivity contribution in [2.75, 3.05) is 50.8 Å². The SMILES string of the molecule is CCNC(=NCC(O)c1ccc(OC(C)C)cc1)NCCN1CCS(=O)(=O)CC1. The molecule has 1 saturated heterocycles. The minimum Gasteiger partial charge on any atom is -0.491 e. The van der Waals surface area contributed by atoms with Crippen molar-refractivity contribution in [2.45, 2.75) is 33.0 Å². The molecule has 1 unspecified atom stereocenters. The molecule has 1 aliphatic rings. The van der Waals surface area contributed by atoms with Crippen LogP contribution in [0.25, 0.3) is 0 Å². The molecule has 3 N–H and O–H groups in total. The number of hydrogen-bond donors (Lipinski definition) is 3. The van der Waals surface area contributed by atoms with E-state index in [2.05, 4.69) is 20.5 Å². The number of nitrogens with zero attached hydrogens (tertiary/aromatic N) is 2. The molecule has 0 aliphatic carbocycles. The van der Waals surface area contributed by atoms with Gasteiger partial charge in [-0.2, -0.15) is 0 Å². The summed E-state index contributed by atoms with van der Waals surface area (Å²) in [5.74, 6) is 1.87. The van der Waals surface area contributed by atoms with Crippen LogP contribution >= 0.6 is 0 Å². The number of ether oxygens (including phenoxy) is 1. The molecule has 1 aromatic carbocycles. The topological polar surface area (TPSA) is 103 Å². The van der Waals surface area contributed by atoms with Crippen molar-refractivity contribution in [1.29, 1.82) is 0 Å². The first-order valence-corrected chi connectivity index (χ1v) is 12.0. The van der Waals surface area contributed by atoms with Crippen molar-refractivity contribution in [2.24, 2.45) is 4.99 Å². The summed E-state index contributed by atoms with van der Waals surface area (Å²) in [7, 11) is -2.85. The largest absolute Gasteiger partial charge is 0.491 e. The third-order valence-electron chi connectivity index (χ3n) is 4.56. The van der Waals surface area contributed by atoms with Gasteiger partial charge in [0, 0.05) is 32.7 Å². The molecule has 0 saturated carbocycles. The first kappa shape index (κ1) is 23.4. The number of guanidine groups is 1. The van der Waals surface area contributed by atoms with Crippen molar-refractivity contribution in [3.63, 3.8) is 0 Å². The lowest BCUT2D eigenvalue weighted by atomic mass is 10.1. The Bertz CT molecular complexity index is 736. The summed E-state index contributed by atoms with van der Waals surface area (Å²) in [6.45, 7) is 9.44. The lowest BCUT2D eigenvalue weighted by molar-refractivity contribution is 0.186. The Morgan fingerprint density at radius 1 is 1.21 bits per heavy atom. The Morgan fingerprint density at radius 2 is 1.86 bits per heavy atom. The molecule has 1 atom stereocenters. The maximum atomic E-state index is 11.5. The van der Waals surface area contributed by atoms with Crippen LogP contribution in [0.1, 0.15) is 32.4 Å². The van der Waals surface area contributed by atoms with Gasteiger partial charge in [0.15, 0.2) is 15.8 Å². The van der Waals surface area contributed by atoms with Gasteiger partial charge in [0.1, 0.15) is 5.75 Å². The molecule has 0 bridgehead atoms.